The maximum atomic E-state index is 9.86. The number of rotatable bonds is 0. The Morgan fingerprint density at radius 3 is 2.31 bits per heavy atom. The van der Waals surface area contributed by atoms with Crippen molar-refractivity contribution >= 4 is 0 Å². The lowest BCUT2D eigenvalue weighted by molar-refractivity contribution is -0.166. The molecule has 4 atom stereocenters. The molecule has 2 saturated heterocycles. The van der Waals surface area contributed by atoms with Gasteiger partial charge in [0.15, 0.2) is 0 Å². The standard InChI is InChI=1S/C10H18O3/c1-7-5-10(6-8(2)13-7)9(11)3-4-12-10/h7-9,11H,3-6H2,1-2H3/t7-,8+,9?,10?. The van der Waals surface area contributed by atoms with Crippen LogP contribution < -0.4 is 0 Å². The highest BCUT2D eigenvalue weighted by molar-refractivity contribution is 4.98. The van der Waals surface area contributed by atoms with Crippen LogP contribution in [0.4, 0.5) is 0 Å². The fourth-order valence-corrected chi connectivity index (χ4v) is 2.67. The molecule has 3 nitrogen and oxygen atoms in total. The molecule has 2 unspecified atom stereocenters. The molecule has 2 aliphatic heterocycles. The maximum Gasteiger partial charge on any atom is 0.0990 e. The third-order valence-corrected chi connectivity index (χ3v) is 3.12. The van der Waals surface area contributed by atoms with Gasteiger partial charge in [-0.2, -0.15) is 0 Å². The van der Waals surface area contributed by atoms with Crippen LogP contribution in [0.2, 0.25) is 0 Å². The molecule has 1 spiro atoms. The van der Waals surface area contributed by atoms with Gasteiger partial charge in [-0.05, 0) is 20.3 Å². The molecule has 2 aliphatic rings. The minimum absolute atomic E-state index is 0.205. The van der Waals surface area contributed by atoms with E-state index in [0.29, 0.717) is 6.61 Å². The molecule has 76 valence electrons. The zero-order valence-electron chi connectivity index (χ0n) is 8.32. The summed E-state index contributed by atoms with van der Waals surface area (Å²) in [5.74, 6) is 0. The average Bonchev–Trinajstić information content (AvgIpc) is 2.30. The lowest BCUT2D eigenvalue weighted by Crippen LogP contribution is -2.49. The molecule has 0 aromatic heterocycles. The van der Waals surface area contributed by atoms with E-state index < -0.39 is 0 Å². The third kappa shape index (κ3) is 1.60. The SMILES string of the molecule is C[C@@H]1CC2(C[C@H](C)O1)OCCC2O. The summed E-state index contributed by atoms with van der Waals surface area (Å²) in [6, 6.07) is 0. The zero-order chi connectivity index (χ0) is 9.47. The molecule has 0 aromatic carbocycles. The Kier molecular flexibility index (Phi) is 2.34. The second-order valence-corrected chi connectivity index (χ2v) is 4.38. The van der Waals surface area contributed by atoms with E-state index in [2.05, 4.69) is 0 Å². The summed E-state index contributed by atoms with van der Waals surface area (Å²) in [4.78, 5) is 0. The summed E-state index contributed by atoms with van der Waals surface area (Å²) in [5, 5.41) is 9.86. The predicted octanol–water partition coefficient (Wildman–Crippen LogP) is 1.09. The molecular weight excluding hydrogens is 168 g/mol. The van der Waals surface area contributed by atoms with Gasteiger partial charge in [0.05, 0.1) is 30.5 Å². The van der Waals surface area contributed by atoms with Gasteiger partial charge in [0.25, 0.3) is 0 Å². The Hall–Kier alpha value is -0.120. The fourth-order valence-electron chi connectivity index (χ4n) is 2.67. The lowest BCUT2D eigenvalue weighted by atomic mass is 9.83. The third-order valence-electron chi connectivity index (χ3n) is 3.12. The van der Waals surface area contributed by atoms with Gasteiger partial charge in [-0.15, -0.1) is 0 Å². The molecule has 2 rings (SSSR count). The van der Waals surface area contributed by atoms with Crippen LogP contribution >= 0.6 is 0 Å². The predicted molar refractivity (Wildman–Crippen MR) is 48.5 cm³/mol. The number of hydrogen-bond acceptors (Lipinski definition) is 3. The first kappa shape index (κ1) is 9.44. The van der Waals surface area contributed by atoms with Crippen LogP contribution in [0.5, 0.6) is 0 Å². The quantitative estimate of drug-likeness (QED) is 0.615. The summed E-state index contributed by atoms with van der Waals surface area (Å²) in [6.07, 6.45) is 2.56. The van der Waals surface area contributed by atoms with Crippen molar-refractivity contribution in [3.8, 4) is 0 Å². The van der Waals surface area contributed by atoms with Crippen molar-refractivity contribution in [2.45, 2.75) is 57.0 Å². The van der Waals surface area contributed by atoms with E-state index in [1.807, 2.05) is 13.8 Å². The molecule has 0 saturated carbocycles. The second-order valence-electron chi connectivity index (χ2n) is 4.38. The van der Waals surface area contributed by atoms with Crippen molar-refractivity contribution in [1.82, 2.24) is 0 Å². The monoisotopic (exact) mass is 186 g/mol. The van der Waals surface area contributed by atoms with Gasteiger partial charge in [0.2, 0.25) is 0 Å². The largest absolute Gasteiger partial charge is 0.390 e. The van der Waals surface area contributed by atoms with E-state index in [4.69, 9.17) is 9.47 Å². The minimum Gasteiger partial charge on any atom is -0.390 e. The normalized spacial score (nSPS) is 51.5. The minimum atomic E-state index is -0.295. The molecule has 0 aromatic rings. The highest BCUT2D eigenvalue weighted by atomic mass is 16.5. The summed E-state index contributed by atoms with van der Waals surface area (Å²) in [5.41, 5.74) is -0.295. The molecule has 2 fully saturated rings. The topological polar surface area (TPSA) is 38.7 Å². The highest BCUT2D eigenvalue weighted by Crippen LogP contribution is 2.39. The molecule has 1 N–H and O–H groups in total. The Labute approximate surface area is 79.0 Å². The molecule has 3 heteroatoms. The average molecular weight is 186 g/mol. The Morgan fingerprint density at radius 2 is 1.85 bits per heavy atom. The van der Waals surface area contributed by atoms with Gasteiger partial charge in [-0.3, -0.25) is 0 Å². The van der Waals surface area contributed by atoms with Crippen molar-refractivity contribution in [2.75, 3.05) is 6.61 Å². The summed E-state index contributed by atoms with van der Waals surface area (Å²) in [6.45, 7) is 4.79. The highest BCUT2D eigenvalue weighted by Gasteiger charge is 2.48. The van der Waals surface area contributed by atoms with E-state index in [9.17, 15) is 5.11 Å². The summed E-state index contributed by atoms with van der Waals surface area (Å²) < 4.78 is 11.3. The first-order valence-electron chi connectivity index (χ1n) is 5.10. The molecule has 13 heavy (non-hydrogen) atoms. The summed E-state index contributed by atoms with van der Waals surface area (Å²) in [7, 11) is 0. The van der Waals surface area contributed by atoms with Gasteiger partial charge < -0.3 is 14.6 Å². The smallest absolute Gasteiger partial charge is 0.0990 e. The van der Waals surface area contributed by atoms with Crippen molar-refractivity contribution in [1.29, 1.82) is 0 Å². The van der Waals surface area contributed by atoms with Gasteiger partial charge in [0, 0.05) is 12.8 Å². The number of aliphatic hydroxyl groups excluding tert-OH is 1. The van der Waals surface area contributed by atoms with Crippen LogP contribution in [0.1, 0.15) is 33.1 Å². The van der Waals surface area contributed by atoms with Crippen molar-refractivity contribution < 1.29 is 14.6 Å². The van der Waals surface area contributed by atoms with E-state index in [1.54, 1.807) is 0 Å². The first-order valence-corrected chi connectivity index (χ1v) is 5.10. The van der Waals surface area contributed by atoms with Crippen LogP contribution in [0.3, 0.4) is 0 Å². The van der Waals surface area contributed by atoms with Crippen LogP contribution in [0.25, 0.3) is 0 Å². The van der Waals surface area contributed by atoms with Crippen LogP contribution in [-0.4, -0.2) is 35.6 Å². The maximum absolute atomic E-state index is 9.86. The molecule has 0 amide bonds. The van der Waals surface area contributed by atoms with Gasteiger partial charge in [-0.1, -0.05) is 0 Å². The van der Waals surface area contributed by atoms with Crippen LogP contribution in [0.15, 0.2) is 0 Å². The Balaban J connectivity index is 2.12. The molecule has 2 heterocycles. The molecule has 0 radical (unpaired) electrons. The molecule has 0 aliphatic carbocycles. The first-order chi connectivity index (χ1) is 6.12. The van der Waals surface area contributed by atoms with E-state index >= 15 is 0 Å². The molecule has 0 bridgehead atoms. The van der Waals surface area contributed by atoms with Gasteiger partial charge >= 0.3 is 0 Å². The van der Waals surface area contributed by atoms with Gasteiger partial charge in [0.1, 0.15) is 0 Å². The second kappa shape index (κ2) is 3.23. The van der Waals surface area contributed by atoms with E-state index in [-0.39, 0.29) is 23.9 Å². The zero-order valence-corrected chi connectivity index (χ0v) is 8.32. The lowest BCUT2D eigenvalue weighted by Gasteiger charge is -2.41. The van der Waals surface area contributed by atoms with Crippen LogP contribution in [-0.2, 0) is 9.47 Å². The number of aliphatic hydroxyl groups is 1. The number of hydrogen-bond donors (Lipinski definition) is 1. The van der Waals surface area contributed by atoms with Gasteiger partial charge in [-0.25, -0.2) is 0 Å². The van der Waals surface area contributed by atoms with E-state index in [1.165, 1.54) is 0 Å². The molecular formula is C10H18O3. The van der Waals surface area contributed by atoms with Crippen molar-refractivity contribution in [2.24, 2.45) is 0 Å². The van der Waals surface area contributed by atoms with E-state index in [0.717, 1.165) is 19.3 Å². The van der Waals surface area contributed by atoms with Crippen molar-refractivity contribution in [3.05, 3.63) is 0 Å². The van der Waals surface area contributed by atoms with Crippen molar-refractivity contribution in [3.63, 3.8) is 0 Å². The van der Waals surface area contributed by atoms with Crippen LogP contribution in [0, 0.1) is 0 Å². The number of ether oxygens (including phenoxy) is 2. The fraction of sp³-hybridized carbons (Fsp3) is 1.00. The Bertz CT molecular complexity index is 183. The summed E-state index contributed by atoms with van der Waals surface area (Å²) >= 11 is 0. The Morgan fingerprint density at radius 1 is 1.23 bits per heavy atom.